The largest absolute Gasteiger partial charge is 0.341 e. The van der Waals surface area contributed by atoms with Crippen molar-refractivity contribution in [1.82, 2.24) is 4.90 Å². The molecule has 1 rings (SSSR count). The predicted octanol–water partition coefficient (Wildman–Crippen LogP) is 3.13. The minimum atomic E-state index is -0.442. The van der Waals surface area contributed by atoms with Gasteiger partial charge in [0.15, 0.2) is 0 Å². The first kappa shape index (κ1) is 15.7. The Bertz CT molecular complexity index is 486. The normalized spacial score (nSPS) is 11.3. The summed E-state index contributed by atoms with van der Waals surface area (Å²) in [5, 5.41) is 3.59. The molecule has 0 aliphatic carbocycles. The van der Waals surface area contributed by atoms with Gasteiger partial charge in [0.1, 0.15) is 0 Å². The molecule has 19 heavy (non-hydrogen) atoms. The third-order valence-corrected chi connectivity index (χ3v) is 3.99. The fourth-order valence-electron chi connectivity index (χ4n) is 1.37. The van der Waals surface area contributed by atoms with Crippen LogP contribution in [0.3, 0.4) is 0 Å². The summed E-state index contributed by atoms with van der Waals surface area (Å²) in [5.41, 5.74) is 0.460. The molecule has 5 heteroatoms. The number of rotatable bonds is 3. The van der Waals surface area contributed by atoms with E-state index < -0.39 is 5.41 Å². The van der Waals surface area contributed by atoms with Gasteiger partial charge in [-0.2, -0.15) is 0 Å². The number of hydrogen-bond donors (Lipinski definition) is 1. The van der Waals surface area contributed by atoms with Crippen LogP contribution in [-0.4, -0.2) is 30.3 Å². The Kier molecular flexibility index (Phi) is 4.74. The van der Waals surface area contributed by atoms with E-state index in [-0.39, 0.29) is 11.8 Å². The molecule has 0 bridgehead atoms. The summed E-state index contributed by atoms with van der Waals surface area (Å²) in [4.78, 5) is 26.4. The van der Waals surface area contributed by atoms with Gasteiger partial charge in [0.25, 0.3) is 5.91 Å². The van der Waals surface area contributed by atoms with E-state index in [2.05, 4.69) is 5.32 Å². The molecule has 0 atom stereocenters. The Morgan fingerprint density at radius 2 is 1.95 bits per heavy atom. The molecule has 1 aromatic rings. The van der Waals surface area contributed by atoms with Crippen LogP contribution in [-0.2, 0) is 4.79 Å². The molecule has 0 saturated heterocycles. The number of nitrogens with one attached hydrogen (secondary N) is 1. The highest BCUT2D eigenvalue weighted by Crippen LogP contribution is 2.29. The van der Waals surface area contributed by atoms with Gasteiger partial charge in [0.2, 0.25) is 5.91 Å². The van der Waals surface area contributed by atoms with Crippen molar-refractivity contribution in [3.05, 3.63) is 16.5 Å². The van der Waals surface area contributed by atoms with Crippen molar-refractivity contribution >= 4 is 28.2 Å². The second-order valence-electron chi connectivity index (χ2n) is 5.65. The van der Waals surface area contributed by atoms with Gasteiger partial charge < -0.3 is 10.2 Å². The van der Waals surface area contributed by atoms with E-state index in [1.807, 2.05) is 40.7 Å². The van der Waals surface area contributed by atoms with Crippen LogP contribution in [0, 0.1) is 12.3 Å². The Labute approximate surface area is 118 Å². The molecule has 0 radical (unpaired) electrons. The van der Waals surface area contributed by atoms with Crippen LogP contribution in [0.5, 0.6) is 0 Å². The highest BCUT2D eigenvalue weighted by atomic mass is 32.1. The van der Waals surface area contributed by atoms with Crippen LogP contribution in [0.2, 0.25) is 0 Å². The highest BCUT2D eigenvalue weighted by Gasteiger charge is 2.23. The van der Waals surface area contributed by atoms with Gasteiger partial charge >= 0.3 is 0 Å². The molecule has 0 saturated carbocycles. The van der Waals surface area contributed by atoms with Gasteiger partial charge in [-0.15, -0.1) is 11.3 Å². The zero-order valence-corrected chi connectivity index (χ0v) is 13.3. The lowest BCUT2D eigenvalue weighted by atomic mass is 9.96. The number of thiophene rings is 1. The van der Waals surface area contributed by atoms with Crippen LogP contribution < -0.4 is 5.32 Å². The van der Waals surface area contributed by atoms with Crippen molar-refractivity contribution in [2.45, 2.75) is 34.6 Å². The van der Waals surface area contributed by atoms with Crippen LogP contribution in [0.25, 0.3) is 0 Å². The molecule has 1 aromatic heterocycles. The van der Waals surface area contributed by atoms with E-state index in [1.54, 1.807) is 11.9 Å². The molecule has 0 aromatic carbocycles. The number of carbonyl (C=O) groups is 2. The summed E-state index contributed by atoms with van der Waals surface area (Å²) in [6, 6.07) is 1.85. The van der Waals surface area contributed by atoms with E-state index in [0.29, 0.717) is 11.4 Å². The molecule has 0 aliphatic rings. The second-order valence-corrected chi connectivity index (χ2v) is 6.70. The molecule has 4 nitrogen and oxygen atoms in total. The third-order valence-electron chi connectivity index (χ3n) is 2.85. The molecule has 106 valence electrons. The topological polar surface area (TPSA) is 49.4 Å². The summed E-state index contributed by atoms with van der Waals surface area (Å²) in [5.74, 6) is -0.0437. The van der Waals surface area contributed by atoms with E-state index in [0.717, 1.165) is 10.6 Å². The fourth-order valence-corrected chi connectivity index (χ4v) is 2.43. The first-order chi connectivity index (χ1) is 8.66. The zero-order chi connectivity index (χ0) is 14.8. The average Bonchev–Trinajstić information content (AvgIpc) is 2.67. The van der Waals surface area contributed by atoms with E-state index in [9.17, 15) is 9.59 Å². The van der Waals surface area contributed by atoms with Gasteiger partial charge in [-0.05, 0) is 25.5 Å². The Morgan fingerprint density at radius 3 is 2.42 bits per heavy atom. The molecule has 0 unspecified atom stereocenters. The molecule has 1 N–H and O–H groups in total. The van der Waals surface area contributed by atoms with Gasteiger partial charge in [-0.3, -0.25) is 9.59 Å². The summed E-state index contributed by atoms with van der Waals surface area (Å²) >= 11 is 1.33. The van der Waals surface area contributed by atoms with Crippen molar-refractivity contribution in [3.8, 4) is 0 Å². The molecular formula is C14H22N2O2S. The SMILES string of the molecule is CCN(C)C(=O)c1sc(NC(=O)C(C)(C)C)cc1C. The van der Waals surface area contributed by atoms with E-state index in [1.165, 1.54) is 11.3 Å². The number of anilines is 1. The second kappa shape index (κ2) is 5.74. The minimum Gasteiger partial charge on any atom is -0.341 e. The molecular weight excluding hydrogens is 260 g/mol. The minimum absolute atomic E-state index is 0.00116. The predicted molar refractivity (Wildman–Crippen MR) is 79.8 cm³/mol. The number of nitrogens with zero attached hydrogens (tertiary/aromatic N) is 1. The summed E-state index contributed by atoms with van der Waals surface area (Å²) in [6.07, 6.45) is 0. The van der Waals surface area contributed by atoms with Crippen LogP contribution >= 0.6 is 11.3 Å². The van der Waals surface area contributed by atoms with Gasteiger partial charge in [-0.25, -0.2) is 0 Å². The van der Waals surface area contributed by atoms with Crippen LogP contribution in [0.15, 0.2) is 6.07 Å². The fraction of sp³-hybridized carbons (Fsp3) is 0.571. The molecule has 2 amide bonds. The van der Waals surface area contributed by atoms with Gasteiger partial charge in [0.05, 0.1) is 9.88 Å². The summed E-state index contributed by atoms with van der Waals surface area (Å²) in [6.45, 7) is 10.1. The summed E-state index contributed by atoms with van der Waals surface area (Å²) < 4.78 is 0. The number of hydrogen-bond acceptors (Lipinski definition) is 3. The maximum atomic E-state index is 12.1. The van der Waals surface area contributed by atoms with Crippen molar-refractivity contribution < 1.29 is 9.59 Å². The lowest BCUT2D eigenvalue weighted by Gasteiger charge is -2.16. The smallest absolute Gasteiger partial charge is 0.264 e. The standard InChI is InChI=1S/C14H22N2O2S/c1-7-16(6)12(17)11-9(2)8-10(19-11)15-13(18)14(3,4)5/h8H,7H2,1-6H3,(H,15,18). The Balaban J connectivity index is 2.92. The van der Waals surface area contributed by atoms with Crippen molar-refractivity contribution in [2.75, 3.05) is 18.9 Å². The number of aryl methyl sites for hydroxylation is 1. The summed E-state index contributed by atoms with van der Waals surface area (Å²) in [7, 11) is 1.77. The Hall–Kier alpha value is -1.36. The first-order valence-corrected chi connectivity index (χ1v) is 7.15. The quantitative estimate of drug-likeness (QED) is 0.926. The van der Waals surface area contributed by atoms with Crippen molar-refractivity contribution in [2.24, 2.45) is 5.41 Å². The van der Waals surface area contributed by atoms with Crippen molar-refractivity contribution in [3.63, 3.8) is 0 Å². The highest BCUT2D eigenvalue weighted by molar-refractivity contribution is 7.18. The maximum absolute atomic E-state index is 12.1. The first-order valence-electron chi connectivity index (χ1n) is 6.34. The molecule has 0 spiro atoms. The van der Waals surface area contributed by atoms with Crippen LogP contribution in [0.1, 0.15) is 42.9 Å². The molecule has 0 aliphatic heterocycles. The van der Waals surface area contributed by atoms with Gasteiger partial charge in [-0.1, -0.05) is 20.8 Å². The zero-order valence-electron chi connectivity index (χ0n) is 12.5. The Morgan fingerprint density at radius 1 is 1.37 bits per heavy atom. The monoisotopic (exact) mass is 282 g/mol. The van der Waals surface area contributed by atoms with Crippen LogP contribution in [0.4, 0.5) is 5.00 Å². The number of amides is 2. The molecule has 0 fully saturated rings. The maximum Gasteiger partial charge on any atom is 0.264 e. The van der Waals surface area contributed by atoms with Crippen molar-refractivity contribution in [1.29, 1.82) is 0 Å². The van der Waals surface area contributed by atoms with Gasteiger partial charge in [0, 0.05) is 19.0 Å². The average molecular weight is 282 g/mol. The van der Waals surface area contributed by atoms with E-state index in [4.69, 9.17) is 0 Å². The molecule has 1 heterocycles. The van der Waals surface area contributed by atoms with E-state index >= 15 is 0 Å². The lowest BCUT2D eigenvalue weighted by molar-refractivity contribution is -0.123. The number of carbonyl (C=O) groups excluding carboxylic acids is 2. The lowest BCUT2D eigenvalue weighted by Crippen LogP contribution is -2.27. The third kappa shape index (κ3) is 3.80.